The molecule has 1 aromatic heterocycles. The number of ether oxygens (including phenoxy) is 1. The van der Waals surface area contributed by atoms with E-state index in [-0.39, 0.29) is 6.10 Å². The fraction of sp³-hybridized carbons (Fsp3) is 0.360. The molecule has 1 unspecified atom stereocenters. The van der Waals surface area contributed by atoms with E-state index in [0.717, 1.165) is 38.2 Å². The average Bonchev–Trinajstić information content (AvgIpc) is 3.00. The maximum absolute atomic E-state index is 6.82. The van der Waals surface area contributed by atoms with Crippen molar-refractivity contribution in [2.75, 3.05) is 25.5 Å². The standard InChI is InChI=1S/C25H29N3O/c1-17-22(18-8-4-3-5-9-18)27-24-23(17)26-16-19-10-6-7-11-21(19)25(24)29-20-12-14-28(2)15-13-20/h3-11,20,25-27H,12-16H2,1-2H3. The molecule has 0 aliphatic carbocycles. The Kier molecular flexibility index (Phi) is 4.90. The monoisotopic (exact) mass is 387 g/mol. The van der Waals surface area contributed by atoms with Gasteiger partial charge in [0.05, 0.1) is 23.2 Å². The Morgan fingerprint density at radius 2 is 1.69 bits per heavy atom. The molecule has 4 nitrogen and oxygen atoms in total. The van der Waals surface area contributed by atoms with Crippen LogP contribution in [-0.4, -0.2) is 36.1 Å². The predicted octanol–water partition coefficient (Wildman–Crippen LogP) is 5.12. The third-order valence-corrected chi connectivity index (χ3v) is 6.39. The number of H-pyrrole nitrogens is 1. The van der Waals surface area contributed by atoms with E-state index in [9.17, 15) is 0 Å². The van der Waals surface area contributed by atoms with Gasteiger partial charge in [0.15, 0.2) is 0 Å². The zero-order valence-corrected chi connectivity index (χ0v) is 17.2. The van der Waals surface area contributed by atoms with Crippen molar-refractivity contribution in [2.45, 2.75) is 38.5 Å². The molecule has 0 amide bonds. The van der Waals surface area contributed by atoms with E-state index >= 15 is 0 Å². The minimum absolute atomic E-state index is 0.0687. The Morgan fingerprint density at radius 1 is 0.966 bits per heavy atom. The highest BCUT2D eigenvalue weighted by Crippen LogP contribution is 2.42. The second kappa shape index (κ2) is 7.69. The number of hydrogen-bond donors (Lipinski definition) is 2. The maximum Gasteiger partial charge on any atom is 0.125 e. The van der Waals surface area contributed by atoms with Gasteiger partial charge in [0.1, 0.15) is 6.10 Å². The van der Waals surface area contributed by atoms with Crippen LogP contribution >= 0.6 is 0 Å². The highest BCUT2D eigenvalue weighted by molar-refractivity contribution is 5.75. The van der Waals surface area contributed by atoms with E-state index in [4.69, 9.17) is 4.74 Å². The van der Waals surface area contributed by atoms with Gasteiger partial charge in [-0.15, -0.1) is 0 Å². The lowest BCUT2D eigenvalue weighted by atomic mass is 9.99. The van der Waals surface area contributed by atoms with Crippen LogP contribution in [0.5, 0.6) is 0 Å². The minimum atomic E-state index is -0.0687. The molecule has 150 valence electrons. The van der Waals surface area contributed by atoms with Gasteiger partial charge in [-0.25, -0.2) is 0 Å². The molecule has 2 N–H and O–H groups in total. The SMILES string of the molecule is Cc1c(-c2ccccc2)[nH]c2c1NCc1ccccc1C2OC1CCN(C)CC1. The highest BCUT2D eigenvalue weighted by Gasteiger charge is 2.31. The number of nitrogens with zero attached hydrogens (tertiary/aromatic N) is 1. The van der Waals surface area contributed by atoms with Crippen LogP contribution in [0, 0.1) is 6.92 Å². The number of piperidine rings is 1. The van der Waals surface area contributed by atoms with Crippen LogP contribution in [0.25, 0.3) is 11.3 Å². The number of fused-ring (bicyclic) bond motifs is 2. The molecule has 4 heteroatoms. The molecular formula is C25H29N3O. The fourth-order valence-electron chi connectivity index (χ4n) is 4.68. The van der Waals surface area contributed by atoms with E-state index in [2.05, 4.69) is 83.8 Å². The first-order valence-corrected chi connectivity index (χ1v) is 10.6. The Labute approximate surface area is 172 Å². The summed E-state index contributed by atoms with van der Waals surface area (Å²) in [6.45, 7) is 5.23. The van der Waals surface area contributed by atoms with Gasteiger partial charge in [-0.1, -0.05) is 54.6 Å². The summed E-state index contributed by atoms with van der Waals surface area (Å²) in [4.78, 5) is 6.14. The Hall–Kier alpha value is -2.56. The van der Waals surface area contributed by atoms with E-state index in [1.165, 1.54) is 33.6 Å². The van der Waals surface area contributed by atoms with E-state index in [1.807, 2.05) is 0 Å². The lowest BCUT2D eigenvalue weighted by Crippen LogP contribution is -2.35. The molecule has 29 heavy (non-hydrogen) atoms. The van der Waals surface area contributed by atoms with Gasteiger partial charge < -0.3 is 19.9 Å². The second-order valence-electron chi connectivity index (χ2n) is 8.35. The summed E-state index contributed by atoms with van der Waals surface area (Å²) >= 11 is 0. The van der Waals surface area contributed by atoms with Gasteiger partial charge in [-0.2, -0.15) is 0 Å². The van der Waals surface area contributed by atoms with E-state index < -0.39 is 0 Å². The molecule has 0 saturated carbocycles. The molecular weight excluding hydrogens is 358 g/mol. The van der Waals surface area contributed by atoms with Gasteiger partial charge in [-0.05, 0) is 49.1 Å². The lowest BCUT2D eigenvalue weighted by Gasteiger charge is -2.32. The third kappa shape index (κ3) is 3.47. The first kappa shape index (κ1) is 18.5. The summed E-state index contributed by atoms with van der Waals surface area (Å²) in [6, 6.07) is 19.3. The van der Waals surface area contributed by atoms with Crippen molar-refractivity contribution in [2.24, 2.45) is 0 Å². The fourth-order valence-corrected chi connectivity index (χ4v) is 4.68. The van der Waals surface area contributed by atoms with Crippen molar-refractivity contribution in [3.05, 3.63) is 77.0 Å². The lowest BCUT2D eigenvalue weighted by molar-refractivity contribution is -0.0246. The average molecular weight is 388 g/mol. The summed E-state index contributed by atoms with van der Waals surface area (Å²) in [6.07, 6.45) is 2.39. The molecule has 5 rings (SSSR count). The smallest absolute Gasteiger partial charge is 0.125 e. The van der Waals surface area contributed by atoms with Crippen molar-refractivity contribution >= 4 is 5.69 Å². The van der Waals surface area contributed by atoms with Gasteiger partial charge in [0, 0.05) is 19.6 Å². The van der Waals surface area contributed by atoms with Gasteiger partial charge in [0.2, 0.25) is 0 Å². The molecule has 0 radical (unpaired) electrons. The summed E-state index contributed by atoms with van der Waals surface area (Å²) in [7, 11) is 2.19. The van der Waals surface area contributed by atoms with E-state index in [0.29, 0.717) is 6.10 Å². The predicted molar refractivity (Wildman–Crippen MR) is 118 cm³/mol. The van der Waals surface area contributed by atoms with Crippen molar-refractivity contribution < 1.29 is 4.74 Å². The molecule has 1 fully saturated rings. The largest absolute Gasteiger partial charge is 0.379 e. The maximum atomic E-state index is 6.82. The summed E-state index contributed by atoms with van der Waals surface area (Å²) in [5.74, 6) is 0. The van der Waals surface area contributed by atoms with Crippen molar-refractivity contribution in [1.29, 1.82) is 0 Å². The zero-order chi connectivity index (χ0) is 19.8. The molecule has 0 spiro atoms. The molecule has 2 aliphatic heterocycles. The number of rotatable bonds is 3. The number of hydrogen-bond acceptors (Lipinski definition) is 3. The normalized spacial score (nSPS) is 19.9. The van der Waals surface area contributed by atoms with Crippen LogP contribution in [0.15, 0.2) is 54.6 Å². The number of aromatic amines is 1. The van der Waals surface area contributed by atoms with Crippen molar-refractivity contribution in [3.63, 3.8) is 0 Å². The van der Waals surface area contributed by atoms with Gasteiger partial charge >= 0.3 is 0 Å². The van der Waals surface area contributed by atoms with Gasteiger partial charge in [-0.3, -0.25) is 0 Å². The topological polar surface area (TPSA) is 40.3 Å². The molecule has 3 heterocycles. The Bertz CT molecular complexity index is 987. The van der Waals surface area contributed by atoms with Crippen molar-refractivity contribution in [3.8, 4) is 11.3 Å². The number of anilines is 1. The molecule has 3 aromatic rings. The molecule has 1 atom stereocenters. The first-order chi connectivity index (χ1) is 14.2. The van der Waals surface area contributed by atoms with Crippen LogP contribution in [-0.2, 0) is 11.3 Å². The summed E-state index contributed by atoms with van der Waals surface area (Å²) in [5.41, 5.74) is 8.60. The van der Waals surface area contributed by atoms with Crippen LogP contribution in [0.2, 0.25) is 0 Å². The van der Waals surface area contributed by atoms with Crippen molar-refractivity contribution in [1.82, 2.24) is 9.88 Å². The van der Waals surface area contributed by atoms with Crippen LogP contribution in [0.3, 0.4) is 0 Å². The quantitative estimate of drug-likeness (QED) is 0.656. The number of benzene rings is 2. The number of aromatic nitrogens is 1. The molecule has 2 aromatic carbocycles. The zero-order valence-electron chi connectivity index (χ0n) is 17.2. The molecule has 0 bridgehead atoms. The van der Waals surface area contributed by atoms with Crippen LogP contribution in [0.1, 0.15) is 41.3 Å². The Morgan fingerprint density at radius 3 is 2.48 bits per heavy atom. The third-order valence-electron chi connectivity index (χ3n) is 6.39. The van der Waals surface area contributed by atoms with E-state index in [1.54, 1.807) is 0 Å². The minimum Gasteiger partial charge on any atom is -0.379 e. The van der Waals surface area contributed by atoms with Crippen LogP contribution in [0.4, 0.5) is 5.69 Å². The van der Waals surface area contributed by atoms with Gasteiger partial charge in [0.25, 0.3) is 0 Å². The van der Waals surface area contributed by atoms with Crippen LogP contribution < -0.4 is 5.32 Å². The summed E-state index contributed by atoms with van der Waals surface area (Å²) in [5, 5.41) is 3.69. The Balaban J connectivity index is 1.57. The number of nitrogens with one attached hydrogen (secondary N) is 2. The second-order valence-corrected chi connectivity index (χ2v) is 8.35. The molecule has 2 aliphatic rings. The summed E-state index contributed by atoms with van der Waals surface area (Å²) < 4.78 is 6.82. The number of likely N-dealkylation sites (tertiary alicyclic amines) is 1. The highest BCUT2D eigenvalue weighted by atomic mass is 16.5. The first-order valence-electron chi connectivity index (χ1n) is 10.6. The molecule has 1 saturated heterocycles.